The van der Waals surface area contributed by atoms with E-state index >= 15 is 0 Å². The average molecular weight is 484 g/mol. The van der Waals surface area contributed by atoms with Crippen LogP contribution >= 0.6 is 0 Å². The van der Waals surface area contributed by atoms with E-state index in [1.165, 1.54) is 0 Å². The van der Waals surface area contributed by atoms with E-state index in [2.05, 4.69) is 26.1 Å². The number of urea groups is 1. The predicted octanol–water partition coefficient (Wildman–Crippen LogP) is 4.45. The number of pyridine rings is 1. The molecule has 1 saturated heterocycles. The molecule has 1 aliphatic carbocycles. The molecule has 9 nitrogen and oxygen atoms in total. The van der Waals surface area contributed by atoms with Crippen molar-refractivity contribution in [1.29, 1.82) is 0 Å². The Kier molecular flexibility index (Phi) is 8.05. The van der Waals surface area contributed by atoms with Crippen molar-refractivity contribution in [3.05, 3.63) is 35.9 Å². The van der Waals surface area contributed by atoms with Crippen molar-refractivity contribution in [3.8, 4) is 5.75 Å². The van der Waals surface area contributed by atoms with Gasteiger partial charge in [-0.2, -0.15) is 0 Å². The van der Waals surface area contributed by atoms with E-state index in [1.54, 1.807) is 18.3 Å². The van der Waals surface area contributed by atoms with Gasteiger partial charge in [0.15, 0.2) is 11.6 Å². The normalized spacial score (nSPS) is 21.3. The molecule has 0 radical (unpaired) electrons. The van der Waals surface area contributed by atoms with Gasteiger partial charge in [-0.25, -0.2) is 9.78 Å². The van der Waals surface area contributed by atoms with E-state index in [0.29, 0.717) is 23.9 Å². The number of hydrogen-bond donors (Lipinski definition) is 3. The summed E-state index contributed by atoms with van der Waals surface area (Å²) in [5, 5.41) is 13.0. The minimum atomic E-state index is -0.283. The fourth-order valence-electron chi connectivity index (χ4n) is 4.62. The maximum atomic E-state index is 12.7. The predicted molar refractivity (Wildman–Crippen MR) is 133 cm³/mol. The van der Waals surface area contributed by atoms with Crippen molar-refractivity contribution in [1.82, 2.24) is 20.8 Å². The van der Waals surface area contributed by atoms with Crippen molar-refractivity contribution >= 4 is 17.6 Å². The number of anilines is 1. The average Bonchev–Trinajstić information content (AvgIpc) is 3.30. The highest BCUT2D eigenvalue weighted by atomic mass is 16.5. The number of piperidine rings is 1. The molecule has 9 heteroatoms. The Balaban J connectivity index is 1.18. The van der Waals surface area contributed by atoms with Gasteiger partial charge in [0.05, 0.1) is 6.20 Å². The molecule has 0 aromatic carbocycles. The Morgan fingerprint density at radius 3 is 2.49 bits per heavy atom. The standard InChI is InChI=1S/C26H37N5O4/c1-26(2,3)23-15-24(31-35-23)30-25(33)29-18-6-4-17(5-7-18)14-22(32)21-9-8-20(16-28-21)34-19-10-12-27-13-11-19/h8-9,15-19,27H,4-7,10-14H2,1-3H3,(H2,29,30,31,33). The number of hydrogen-bond acceptors (Lipinski definition) is 7. The van der Waals surface area contributed by atoms with Crippen LogP contribution in [0.2, 0.25) is 0 Å². The van der Waals surface area contributed by atoms with E-state index < -0.39 is 0 Å². The molecule has 3 heterocycles. The number of nitrogens with one attached hydrogen (secondary N) is 3. The molecule has 2 fully saturated rings. The van der Waals surface area contributed by atoms with Crippen LogP contribution in [0.4, 0.5) is 10.6 Å². The summed E-state index contributed by atoms with van der Waals surface area (Å²) in [5.41, 5.74) is 0.321. The number of Topliss-reactive ketones (excluding diaryl/α,β-unsaturated/α-hetero) is 1. The molecule has 190 valence electrons. The third kappa shape index (κ3) is 7.27. The van der Waals surface area contributed by atoms with Crippen LogP contribution in [0.15, 0.2) is 28.9 Å². The summed E-state index contributed by atoms with van der Waals surface area (Å²) in [6, 6.07) is 5.17. The van der Waals surface area contributed by atoms with Gasteiger partial charge in [-0.1, -0.05) is 25.9 Å². The van der Waals surface area contributed by atoms with Gasteiger partial charge in [0, 0.05) is 23.9 Å². The minimum Gasteiger partial charge on any atom is -0.489 e. The molecule has 1 aliphatic heterocycles. The van der Waals surface area contributed by atoms with E-state index in [1.807, 2.05) is 26.8 Å². The van der Waals surface area contributed by atoms with Crippen LogP contribution < -0.4 is 20.7 Å². The third-order valence-corrected chi connectivity index (χ3v) is 6.76. The Hall–Kier alpha value is -2.94. The number of aromatic nitrogens is 2. The molecular weight excluding hydrogens is 446 g/mol. The summed E-state index contributed by atoms with van der Waals surface area (Å²) in [6.45, 7) is 8.01. The highest BCUT2D eigenvalue weighted by Crippen LogP contribution is 2.29. The molecule has 2 aromatic rings. The molecule has 2 aliphatic rings. The van der Waals surface area contributed by atoms with Gasteiger partial charge < -0.3 is 19.9 Å². The Morgan fingerprint density at radius 2 is 1.86 bits per heavy atom. The van der Waals surface area contributed by atoms with Crippen molar-refractivity contribution in [2.75, 3.05) is 18.4 Å². The smallest absolute Gasteiger partial charge is 0.320 e. The Morgan fingerprint density at radius 1 is 1.11 bits per heavy atom. The number of rotatable bonds is 7. The van der Waals surface area contributed by atoms with Gasteiger partial charge in [0.2, 0.25) is 0 Å². The maximum absolute atomic E-state index is 12.7. The van der Waals surface area contributed by atoms with Crippen LogP contribution in [0.5, 0.6) is 5.75 Å². The number of carbonyl (C=O) groups excluding carboxylic acids is 2. The van der Waals surface area contributed by atoms with Crippen LogP contribution in [0.25, 0.3) is 0 Å². The number of carbonyl (C=O) groups is 2. The first-order chi connectivity index (χ1) is 16.8. The quantitative estimate of drug-likeness (QED) is 0.498. The summed E-state index contributed by atoms with van der Waals surface area (Å²) >= 11 is 0. The van der Waals surface area contributed by atoms with Crippen LogP contribution in [0, 0.1) is 5.92 Å². The molecule has 2 amide bonds. The summed E-state index contributed by atoms with van der Waals surface area (Å²) in [6.07, 6.45) is 7.79. The van der Waals surface area contributed by atoms with Gasteiger partial charge >= 0.3 is 6.03 Å². The highest BCUT2D eigenvalue weighted by Gasteiger charge is 2.26. The topological polar surface area (TPSA) is 118 Å². The highest BCUT2D eigenvalue weighted by molar-refractivity contribution is 5.94. The number of nitrogens with zero attached hydrogens (tertiary/aromatic N) is 2. The van der Waals surface area contributed by atoms with Crippen molar-refractivity contribution in [3.63, 3.8) is 0 Å². The molecule has 2 aromatic heterocycles. The van der Waals surface area contributed by atoms with Crippen molar-refractivity contribution < 1.29 is 18.8 Å². The fraction of sp³-hybridized carbons (Fsp3) is 0.615. The molecule has 0 bridgehead atoms. The summed E-state index contributed by atoms with van der Waals surface area (Å²) in [7, 11) is 0. The van der Waals surface area contributed by atoms with E-state index in [4.69, 9.17) is 9.26 Å². The van der Waals surface area contributed by atoms with Gasteiger partial charge in [0.1, 0.15) is 23.3 Å². The first kappa shape index (κ1) is 25.2. The second kappa shape index (κ2) is 11.2. The number of ether oxygens (including phenoxy) is 1. The molecular formula is C26H37N5O4. The van der Waals surface area contributed by atoms with Crippen molar-refractivity contribution in [2.45, 2.75) is 83.3 Å². The second-order valence-corrected chi connectivity index (χ2v) is 10.7. The zero-order valence-corrected chi connectivity index (χ0v) is 20.9. The summed E-state index contributed by atoms with van der Waals surface area (Å²) < 4.78 is 11.3. The van der Waals surface area contributed by atoms with Crippen LogP contribution in [0.1, 0.15) is 82.0 Å². The number of amides is 2. The summed E-state index contributed by atoms with van der Waals surface area (Å²) in [4.78, 5) is 29.5. The lowest BCUT2D eigenvalue weighted by Gasteiger charge is -2.28. The van der Waals surface area contributed by atoms with Gasteiger partial charge in [-0.05, 0) is 69.7 Å². The van der Waals surface area contributed by atoms with Gasteiger partial charge in [0.25, 0.3) is 0 Å². The zero-order chi connectivity index (χ0) is 24.8. The third-order valence-electron chi connectivity index (χ3n) is 6.76. The molecule has 4 rings (SSSR count). The van der Waals surface area contributed by atoms with Gasteiger partial charge in [-0.15, -0.1) is 0 Å². The fourth-order valence-corrected chi connectivity index (χ4v) is 4.62. The maximum Gasteiger partial charge on any atom is 0.320 e. The van der Waals surface area contributed by atoms with Crippen LogP contribution in [0.3, 0.4) is 0 Å². The van der Waals surface area contributed by atoms with E-state index in [0.717, 1.165) is 63.1 Å². The minimum absolute atomic E-state index is 0.0632. The van der Waals surface area contributed by atoms with Crippen LogP contribution in [-0.2, 0) is 5.41 Å². The van der Waals surface area contributed by atoms with Crippen LogP contribution in [-0.4, -0.2) is 47.2 Å². The molecule has 0 spiro atoms. The van der Waals surface area contributed by atoms with Crippen molar-refractivity contribution in [2.24, 2.45) is 5.92 Å². The lowest BCUT2D eigenvalue weighted by molar-refractivity contribution is 0.0941. The zero-order valence-electron chi connectivity index (χ0n) is 20.9. The monoisotopic (exact) mass is 483 g/mol. The Bertz CT molecular complexity index is 984. The molecule has 0 unspecified atom stereocenters. The molecule has 35 heavy (non-hydrogen) atoms. The molecule has 0 atom stereocenters. The second-order valence-electron chi connectivity index (χ2n) is 10.7. The van der Waals surface area contributed by atoms with E-state index in [-0.39, 0.29) is 29.4 Å². The lowest BCUT2D eigenvalue weighted by atomic mass is 9.83. The first-order valence-electron chi connectivity index (χ1n) is 12.7. The Labute approximate surface area is 206 Å². The van der Waals surface area contributed by atoms with E-state index in [9.17, 15) is 9.59 Å². The molecule has 3 N–H and O–H groups in total. The number of ketones is 1. The SMILES string of the molecule is CC(C)(C)c1cc(NC(=O)NC2CCC(CC(=O)c3ccc(OC4CCNCC4)cn3)CC2)no1. The lowest BCUT2D eigenvalue weighted by Crippen LogP contribution is -2.40. The largest absolute Gasteiger partial charge is 0.489 e. The summed E-state index contributed by atoms with van der Waals surface area (Å²) in [5.74, 6) is 2.22. The first-order valence-corrected chi connectivity index (χ1v) is 12.7. The van der Waals surface area contributed by atoms with Gasteiger partial charge in [-0.3, -0.25) is 10.1 Å². The molecule has 1 saturated carbocycles.